The molecule has 172 valence electrons. The van der Waals surface area contributed by atoms with Gasteiger partial charge >= 0.3 is 0 Å². The molecule has 0 aromatic heterocycles. The molecule has 0 bridgehead atoms. The van der Waals surface area contributed by atoms with Crippen LogP contribution in [0.15, 0.2) is 18.2 Å². The van der Waals surface area contributed by atoms with Gasteiger partial charge in [0.05, 0.1) is 6.04 Å². The maximum absolute atomic E-state index is 14.3. The van der Waals surface area contributed by atoms with Crippen LogP contribution in [0.1, 0.15) is 82.9 Å². The zero-order valence-corrected chi connectivity index (χ0v) is 19.5. The molecule has 2 saturated heterocycles. The van der Waals surface area contributed by atoms with E-state index in [2.05, 4.69) is 31.0 Å². The van der Waals surface area contributed by atoms with Crippen LogP contribution in [0.4, 0.5) is 4.39 Å². The summed E-state index contributed by atoms with van der Waals surface area (Å²) in [4.78, 5) is 15.4. The van der Waals surface area contributed by atoms with Crippen molar-refractivity contribution in [2.75, 3.05) is 32.8 Å². The van der Waals surface area contributed by atoms with E-state index in [0.29, 0.717) is 18.6 Å². The Bertz CT molecular complexity index is 774. The summed E-state index contributed by atoms with van der Waals surface area (Å²) >= 11 is 0. The Morgan fingerprint density at radius 2 is 1.87 bits per heavy atom. The fourth-order valence-electron chi connectivity index (χ4n) is 5.62. The SMILES string of the molecule is CC(C)(C)CCN1CCC2(CC[C@@H](NC(=O)C3CCOCC3)c3ccc(F)cc32)CC1. The molecule has 0 unspecified atom stereocenters. The summed E-state index contributed by atoms with van der Waals surface area (Å²) in [5.74, 6) is 0.0146. The molecule has 5 heteroatoms. The van der Waals surface area contributed by atoms with Gasteiger partial charge in [0, 0.05) is 19.1 Å². The standard InChI is InChI=1S/C26H39FN2O2/c1-25(2,3)10-13-29-14-11-26(12-15-29)9-6-23(21-5-4-20(27)18-22(21)26)28-24(30)19-7-16-31-17-8-19/h4-5,18-19,23H,6-17H2,1-3H3,(H,28,30)/t23-/m1/s1. The van der Waals surface area contributed by atoms with Crippen LogP contribution >= 0.6 is 0 Å². The number of amides is 1. The first-order valence-corrected chi connectivity index (χ1v) is 12.2. The lowest BCUT2D eigenvalue weighted by Gasteiger charge is -2.47. The van der Waals surface area contributed by atoms with E-state index in [9.17, 15) is 9.18 Å². The number of carbonyl (C=O) groups is 1. The zero-order valence-electron chi connectivity index (χ0n) is 19.5. The van der Waals surface area contributed by atoms with Gasteiger partial charge in [0.15, 0.2) is 0 Å². The number of ether oxygens (including phenoxy) is 1. The van der Waals surface area contributed by atoms with Crippen LogP contribution in [-0.4, -0.2) is 43.7 Å². The quantitative estimate of drug-likeness (QED) is 0.733. The number of halogens is 1. The summed E-state index contributed by atoms with van der Waals surface area (Å²) < 4.78 is 19.7. The van der Waals surface area contributed by atoms with Crippen molar-refractivity contribution in [2.45, 2.75) is 77.2 Å². The van der Waals surface area contributed by atoms with Crippen molar-refractivity contribution in [1.29, 1.82) is 0 Å². The molecule has 1 amide bonds. The number of fused-ring (bicyclic) bond motifs is 2. The predicted molar refractivity (Wildman–Crippen MR) is 121 cm³/mol. The minimum absolute atomic E-state index is 0.00418. The van der Waals surface area contributed by atoms with Crippen molar-refractivity contribution in [1.82, 2.24) is 10.2 Å². The van der Waals surface area contributed by atoms with E-state index < -0.39 is 0 Å². The number of nitrogens with one attached hydrogen (secondary N) is 1. The van der Waals surface area contributed by atoms with Crippen LogP contribution in [0.2, 0.25) is 0 Å². The third-order valence-electron chi connectivity index (χ3n) is 7.77. The molecule has 1 spiro atoms. The van der Waals surface area contributed by atoms with Crippen LogP contribution in [0, 0.1) is 17.2 Å². The van der Waals surface area contributed by atoms with Crippen molar-refractivity contribution >= 4 is 5.91 Å². The van der Waals surface area contributed by atoms with Gasteiger partial charge in [0.1, 0.15) is 5.82 Å². The van der Waals surface area contributed by atoms with Crippen LogP contribution in [0.5, 0.6) is 0 Å². The second-order valence-electron chi connectivity index (χ2n) is 11.2. The Morgan fingerprint density at radius 3 is 2.55 bits per heavy atom. The van der Waals surface area contributed by atoms with Crippen LogP contribution < -0.4 is 5.32 Å². The lowest BCUT2D eigenvalue weighted by molar-refractivity contribution is -0.128. The lowest BCUT2D eigenvalue weighted by atomic mass is 9.63. The van der Waals surface area contributed by atoms with E-state index in [-0.39, 0.29) is 29.1 Å². The Kier molecular flexibility index (Phi) is 6.73. The van der Waals surface area contributed by atoms with Gasteiger partial charge in [-0.05, 0) is 98.7 Å². The fourth-order valence-corrected chi connectivity index (χ4v) is 5.62. The summed E-state index contributed by atoms with van der Waals surface area (Å²) in [6.07, 6.45) is 6.91. The molecule has 1 N–H and O–H groups in total. The van der Waals surface area contributed by atoms with Gasteiger partial charge in [0.2, 0.25) is 5.91 Å². The first kappa shape index (κ1) is 22.7. The summed E-state index contributed by atoms with van der Waals surface area (Å²) in [7, 11) is 0. The molecule has 31 heavy (non-hydrogen) atoms. The third kappa shape index (κ3) is 5.31. The number of carbonyl (C=O) groups excluding carboxylic acids is 1. The maximum atomic E-state index is 14.3. The van der Waals surface area contributed by atoms with E-state index in [0.717, 1.165) is 69.3 Å². The highest BCUT2D eigenvalue weighted by atomic mass is 19.1. The summed E-state index contributed by atoms with van der Waals surface area (Å²) in [6, 6.07) is 5.24. The zero-order chi connectivity index (χ0) is 22.1. The molecule has 1 atom stereocenters. The maximum Gasteiger partial charge on any atom is 0.223 e. The van der Waals surface area contributed by atoms with E-state index in [1.165, 1.54) is 6.42 Å². The van der Waals surface area contributed by atoms with E-state index in [1.807, 2.05) is 6.07 Å². The number of likely N-dealkylation sites (tertiary alicyclic amines) is 1. The first-order valence-electron chi connectivity index (χ1n) is 12.2. The number of hydrogen-bond acceptors (Lipinski definition) is 3. The van der Waals surface area contributed by atoms with Gasteiger partial charge in [-0.1, -0.05) is 26.8 Å². The largest absolute Gasteiger partial charge is 0.381 e. The van der Waals surface area contributed by atoms with Crippen molar-refractivity contribution in [3.8, 4) is 0 Å². The smallest absolute Gasteiger partial charge is 0.223 e. The Morgan fingerprint density at radius 1 is 1.16 bits per heavy atom. The van der Waals surface area contributed by atoms with Gasteiger partial charge in [-0.3, -0.25) is 4.79 Å². The molecule has 0 radical (unpaired) electrons. The molecule has 1 aliphatic carbocycles. The normalized spacial score (nSPS) is 24.7. The Labute approximate surface area is 186 Å². The molecule has 4 rings (SSSR count). The van der Waals surface area contributed by atoms with E-state index in [4.69, 9.17) is 4.74 Å². The summed E-state index contributed by atoms with van der Waals surface area (Å²) in [6.45, 7) is 11.5. The highest BCUT2D eigenvalue weighted by Crippen LogP contribution is 2.48. The molecule has 0 saturated carbocycles. The van der Waals surface area contributed by atoms with Crippen LogP contribution in [-0.2, 0) is 14.9 Å². The monoisotopic (exact) mass is 430 g/mol. The Hall–Kier alpha value is -1.46. The van der Waals surface area contributed by atoms with E-state index in [1.54, 1.807) is 12.1 Å². The molecule has 1 aromatic rings. The van der Waals surface area contributed by atoms with Crippen molar-refractivity contribution in [2.24, 2.45) is 11.3 Å². The highest BCUT2D eigenvalue weighted by molar-refractivity contribution is 5.79. The topological polar surface area (TPSA) is 41.6 Å². The molecule has 4 nitrogen and oxygen atoms in total. The molecular formula is C26H39FN2O2. The minimum atomic E-state index is -0.162. The average molecular weight is 431 g/mol. The molecule has 1 aromatic carbocycles. The summed E-state index contributed by atoms with van der Waals surface area (Å²) in [5.41, 5.74) is 2.68. The third-order valence-corrected chi connectivity index (χ3v) is 7.77. The van der Waals surface area contributed by atoms with Gasteiger partial charge in [-0.15, -0.1) is 0 Å². The van der Waals surface area contributed by atoms with Gasteiger partial charge in [-0.2, -0.15) is 0 Å². The van der Waals surface area contributed by atoms with Gasteiger partial charge in [0.25, 0.3) is 0 Å². The molecule has 2 aliphatic heterocycles. The van der Waals surface area contributed by atoms with Crippen LogP contribution in [0.25, 0.3) is 0 Å². The minimum Gasteiger partial charge on any atom is -0.381 e. The molecular weight excluding hydrogens is 391 g/mol. The van der Waals surface area contributed by atoms with Crippen LogP contribution in [0.3, 0.4) is 0 Å². The van der Waals surface area contributed by atoms with Crippen molar-refractivity contribution in [3.63, 3.8) is 0 Å². The van der Waals surface area contributed by atoms with Crippen molar-refractivity contribution in [3.05, 3.63) is 35.1 Å². The molecule has 3 aliphatic rings. The molecule has 2 heterocycles. The number of nitrogens with zero attached hydrogens (tertiary/aromatic N) is 1. The fraction of sp³-hybridized carbons (Fsp3) is 0.731. The number of rotatable bonds is 4. The number of hydrogen-bond donors (Lipinski definition) is 1. The van der Waals surface area contributed by atoms with Gasteiger partial charge in [-0.25, -0.2) is 4.39 Å². The van der Waals surface area contributed by atoms with Crippen molar-refractivity contribution < 1.29 is 13.9 Å². The van der Waals surface area contributed by atoms with E-state index >= 15 is 0 Å². The number of piperidine rings is 1. The first-order chi connectivity index (χ1) is 14.8. The Balaban J connectivity index is 1.47. The second kappa shape index (κ2) is 9.19. The summed E-state index contributed by atoms with van der Waals surface area (Å²) in [5, 5.41) is 3.30. The lowest BCUT2D eigenvalue weighted by Crippen LogP contribution is -2.47. The second-order valence-corrected chi connectivity index (χ2v) is 11.2. The number of benzene rings is 1. The van der Waals surface area contributed by atoms with Gasteiger partial charge < -0.3 is 15.0 Å². The highest BCUT2D eigenvalue weighted by Gasteiger charge is 2.42. The average Bonchev–Trinajstić information content (AvgIpc) is 2.75. The predicted octanol–water partition coefficient (Wildman–Crippen LogP) is 4.97. The molecule has 2 fully saturated rings.